The van der Waals surface area contributed by atoms with Crippen LogP contribution < -0.4 is 5.32 Å². The maximum Gasteiger partial charge on any atom is 0.303 e. The largest absolute Gasteiger partial charge is 0.481 e. The average molecular weight is 258 g/mol. The Morgan fingerprint density at radius 1 is 1.22 bits per heavy atom. The molecule has 0 aromatic carbocycles. The van der Waals surface area contributed by atoms with E-state index in [9.17, 15) is 14.4 Å². The second kappa shape index (κ2) is 7.68. The van der Waals surface area contributed by atoms with Gasteiger partial charge in [-0.05, 0) is 19.8 Å². The van der Waals surface area contributed by atoms with Gasteiger partial charge >= 0.3 is 5.97 Å². The molecule has 0 aromatic rings. The van der Waals surface area contributed by atoms with Crippen LogP contribution in [0.5, 0.6) is 0 Å². The van der Waals surface area contributed by atoms with E-state index in [1.807, 2.05) is 6.92 Å². The van der Waals surface area contributed by atoms with Gasteiger partial charge in [-0.15, -0.1) is 0 Å². The molecular weight excluding hydrogens is 236 g/mol. The van der Waals surface area contributed by atoms with E-state index in [2.05, 4.69) is 5.32 Å². The number of rotatable bonds is 7. The molecule has 2 amide bonds. The number of aliphatic carboxylic acids is 1. The third-order valence-electron chi connectivity index (χ3n) is 2.66. The van der Waals surface area contributed by atoms with Gasteiger partial charge in [-0.3, -0.25) is 14.4 Å². The van der Waals surface area contributed by atoms with Crippen LogP contribution in [0.1, 0.15) is 33.6 Å². The maximum atomic E-state index is 11.7. The van der Waals surface area contributed by atoms with E-state index in [1.165, 1.54) is 4.90 Å². The van der Waals surface area contributed by atoms with Gasteiger partial charge in [-0.25, -0.2) is 0 Å². The van der Waals surface area contributed by atoms with E-state index < -0.39 is 12.0 Å². The number of carboxylic acids is 1. The Hall–Kier alpha value is -1.59. The molecule has 2 unspecified atom stereocenters. The molecule has 2 N–H and O–H groups in total. The summed E-state index contributed by atoms with van der Waals surface area (Å²) in [5.74, 6) is -1.62. The molecule has 0 aliphatic carbocycles. The van der Waals surface area contributed by atoms with Gasteiger partial charge < -0.3 is 15.3 Å². The summed E-state index contributed by atoms with van der Waals surface area (Å²) < 4.78 is 0. The fourth-order valence-corrected chi connectivity index (χ4v) is 1.54. The summed E-state index contributed by atoms with van der Waals surface area (Å²) in [6, 6.07) is -0.584. The van der Waals surface area contributed by atoms with Crippen molar-refractivity contribution < 1.29 is 19.5 Å². The van der Waals surface area contributed by atoms with Crippen molar-refractivity contribution in [2.24, 2.45) is 5.92 Å². The molecule has 2 atom stereocenters. The van der Waals surface area contributed by atoms with Crippen LogP contribution in [0, 0.1) is 5.92 Å². The summed E-state index contributed by atoms with van der Waals surface area (Å²) in [6.07, 6.45) is 0.0599. The molecule has 104 valence electrons. The first kappa shape index (κ1) is 16.4. The molecule has 0 aromatic heterocycles. The Morgan fingerprint density at radius 3 is 2.22 bits per heavy atom. The summed E-state index contributed by atoms with van der Waals surface area (Å²) in [7, 11) is 1.66. The quantitative estimate of drug-likeness (QED) is 0.695. The minimum absolute atomic E-state index is 0.0510. The van der Waals surface area contributed by atoms with E-state index in [0.29, 0.717) is 6.54 Å². The Kier molecular flexibility index (Phi) is 7.00. The molecule has 0 aliphatic heterocycles. The van der Waals surface area contributed by atoms with Gasteiger partial charge in [0.2, 0.25) is 11.8 Å². The molecule has 0 saturated carbocycles. The zero-order valence-corrected chi connectivity index (χ0v) is 11.4. The molecule has 0 bridgehead atoms. The SMILES string of the molecule is CCN(C)C(=O)C(C)NC(=O)CC(C)CC(=O)O. The lowest BCUT2D eigenvalue weighted by Gasteiger charge is -2.21. The number of carbonyl (C=O) groups excluding carboxylic acids is 2. The fraction of sp³-hybridized carbons (Fsp3) is 0.750. The van der Waals surface area contributed by atoms with Crippen molar-refractivity contribution >= 4 is 17.8 Å². The van der Waals surface area contributed by atoms with Crippen molar-refractivity contribution in [3.05, 3.63) is 0 Å². The van der Waals surface area contributed by atoms with E-state index in [4.69, 9.17) is 5.11 Å². The van der Waals surface area contributed by atoms with Crippen LogP contribution >= 0.6 is 0 Å². The molecule has 0 radical (unpaired) electrons. The second-order valence-corrected chi connectivity index (χ2v) is 4.55. The van der Waals surface area contributed by atoms with Gasteiger partial charge in [0.1, 0.15) is 6.04 Å². The van der Waals surface area contributed by atoms with Gasteiger partial charge in [-0.1, -0.05) is 6.92 Å². The highest BCUT2D eigenvalue weighted by Gasteiger charge is 2.20. The number of hydrogen-bond acceptors (Lipinski definition) is 3. The van der Waals surface area contributed by atoms with Crippen LogP contribution in [-0.4, -0.2) is 47.4 Å². The zero-order valence-electron chi connectivity index (χ0n) is 11.4. The van der Waals surface area contributed by atoms with Crippen molar-refractivity contribution in [2.75, 3.05) is 13.6 Å². The van der Waals surface area contributed by atoms with Crippen molar-refractivity contribution in [3.8, 4) is 0 Å². The Morgan fingerprint density at radius 2 is 1.78 bits per heavy atom. The van der Waals surface area contributed by atoms with Crippen LogP contribution in [0.15, 0.2) is 0 Å². The minimum atomic E-state index is -0.926. The van der Waals surface area contributed by atoms with Gasteiger partial charge in [0.05, 0.1) is 0 Å². The number of likely N-dealkylation sites (N-methyl/N-ethyl adjacent to an activating group) is 1. The van der Waals surface area contributed by atoms with Crippen molar-refractivity contribution in [1.82, 2.24) is 10.2 Å². The summed E-state index contributed by atoms with van der Waals surface area (Å²) in [4.78, 5) is 35.3. The van der Waals surface area contributed by atoms with Gasteiger partial charge in [0.25, 0.3) is 0 Å². The average Bonchev–Trinajstić information content (AvgIpc) is 2.25. The topological polar surface area (TPSA) is 86.7 Å². The first-order valence-electron chi connectivity index (χ1n) is 6.04. The molecule has 6 nitrogen and oxygen atoms in total. The van der Waals surface area contributed by atoms with E-state index in [-0.39, 0.29) is 30.6 Å². The lowest BCUT2D eigenvalue weighted by molar-refractivity contribution is -0.138. The summed E-state index contributed by atoms with van der Waals surface area (Å²) >= 11 is 0. The van der Waals surface area contributed by atoms with Crippen LogP contribution in [0.3, 0.4) is 0 Å². The Bertz CT molecular complexity index is 317. The maximum absolute atomic E-state index is 11.7. The number of carbonyl (C=O) groups is 3. The smallest absolute Gasteiger partial charge is 0.303 e. The van der Waals surface area contributed by atoms with E-state index in [1.54, 1.807) is 20.9 Å². The zero-order chi connectivity index (χ0) is 14.3. The number of amides is 2. The van der Waals surface area contributed by atoms with Gasteiger partial charge in [-0.2, -0.15) is 0 Å². The summed E-state index contributed by atoms with van der Waals surface area (Å²) in [6.45, 7) is 5.74. The number of nitrogens with zero attached hydrogens (tertiary/aromatic N) is 1. The molecule has 6 heteroatoms. The Balaban J connectivity index is 4.15. The number of hydrogen-bond donors (Lipinski definition) is 2. The first-order chi connectivity index (χ1) is 8.27. The second-order valence-electron chi connectivity index (χ2n) is 4.55. The van der Waals surface area contributed by atoms with Gasteiger partial charge in [0, 0.05) is 26.4 Å². The third kappa shape index (κ3) is 6.22. The van der Waals surface area contributed by atoms with Crippen LogP contribution in [0.4, 0.5) is 0 Å². The molecule has 0 aliphatic rings. The fourth-order valence-electron chi connectivity index (χ4n) is 1.54. The number of nitrogens with one attached hydrogen (secondary N) is 1. The molecule has 0 heterocycles. The third-order valence-corrected chi connectivity index (χ3v) is 2.66. The predicted octanol–water partition coefficient (Wildman–Crippen LogP) is 0.470. The molecule has 0 fully saturated rings. The highest BCUT2D eigenvalue weighted by atomic mass is 16.4. The lowest BCUT2D eigenvalue weighted by Crippen LogP contribution is -2.45. The van der Waals surface area contributed by atoms with E-state index >= 15 is 0 Å². The normalized spacial score (nSPS) is 13.6. The molecule has 0 saturated heterocycles. The number of carboxylic acid groups (broad SMARTS) is 1. The molecule has 0 rings (SSSR count). The monoisotopic (exact) mass is 258 g/mol. The minimum Gasteiger partial charge on any atom is -0.481 e. The Labute approximate surface area is 107 Å². The van der Waals surface area contributed by atoms with Crippen LogP contribution in [-0.2, 0) is 14.4 Å². The van der Waals surface area contributed by atoms with Crippen molar-refractivity contribution in [1.29, 1.82) is 0 Å². The summed E-state index contributed by atoms with van der Waals surface area (Å²) in [5, 5.41) is 11.2. The van der Waals surface area contributed by atoms with Crippen molar-refractivity contribution in [3.63, 3.8) is 0 Å². The summed E-state index contributed by atoms with van der Waals surface area (Å²) in [5.41, 5.74) is 0. The molecular formula is C12H22N2O4. The highest BCUT2D eigenvalue weighted by molar-refractivity contribution is 5.87. The van der Waals surface area contributed by atoms with Crippen molar-refractivity contribution in [2.45, 2.75) is 39.7 Å². The highest BCUT2D eigenvalue weighted by Crippen LogP contribution is 2.07. The first-order valence-corrected chi connectivity index (χ1v) is 6.04. The standard InChI is InChI=1S/C12H22N2O4/c1-5-14(4)12(18)9(3)13-10(15)6-8(2)7-11(16)17/h8-9H,5-7H2,1-4H3,(H,13,15)(H,16,17). The van der Waals surface area contributed by atoms with Gasteiger partial charge in [0.15, 0.2) is 0 Å². The van der Waals surface area contributed by atoms with Crippen LogP contribution in [0.25, 0.3) is 0 Å². The lowest BCUT2D eigenvalue weighted by atomic mass is 10.0. The predicted molar refractivity (Wildman–Crippen MR) is 66.9 cm³/mol. The van der Waals surface area contributed by atoms with Crippen LogP contribution in [0.2, 0.25) is 0 Å². The molecule has 0 spiro atoms. The molecule has 18 heavy (non-hydrogen) atoms. The van der Waals surface area contributed by atoms with E-state index in [0.717, 1.165) is 0 Å².